The number of fused-ring (bicyclic) bond motifs is 1. The van der Waals surface area contributed by atoms with Gasteiger partial charge in [-0.3, -0.25) is 4.79 Å². The van der Waals surface area contributed by atoms with Gasteiger partial charge in [-0.15, -0.1) is 0 Å². The molecule has 1 aliphatic rings. The molecule has 0 saturated carbocycles. The maximum atomic E-state index is 11.7. The molecule has 1 saturated heterocycles. The summed E-state index contributed by atoms with van der Waals surface area (Å²) in [6.45, 7) is 2.15. The average molecular weight is 335 g/mol. The van der Waals surface area contributed by atoms with Crippen molar-refractivity contribution in [2.24, 2.45) is 5.73 Å². The van der Waals surface area contributed by atoms with Crippen molar-refractivity contribution in [3.05, 3.63) is 53.7 Å². The number of likely N-dealkylation sites (tertiary alicyclic amines) is 1. The van der Waals surface area contributed by atoms with Gasteiger partial charge in [0.2, 0.25) is 5.91 Å². The van der Waals surface area contributed by atoms with Gasteiger partial charge in [0.25, 0.3) is 0 Å². The van der Waals surface area contributed by atoms with Crippen molar-refractivity contribution in [1.82, 2.24) is 10.1 Å². The van der Waals surface area contributed by atoms with E-state index >= 15 is 0 Å². The molecule has 2 N–H and O–H groups in total. The molecular weight excluding hydrogens is 314 g/mol. The van der Waals surface area contributed by atoms with Crippen molar-refractivity contribution in [2.75, 3.05) is 20.1 Å². The number of rotatable bonds is 3. The van der Waals surface area contributed by atoms with E-state index in [9.17, 15) is 4.79 Å². The lowest BCUT2D eigenvalue weighted by atomic mass is 9.90. The van der Waals surface area contributed by atoms with Gasteiger partial charge in [0.05, 0.1) is 5.69 Å². The van der Waals surface area contributed by atoms with Crippen LogP contribution in [0.4, 0.5) is 0 Å². The number of nitrogens with zero attached hydrogens (tertiary/aromatic N) is 2. The zero-order valence-electron chi connectivity index (χ0n) is 14.2. The lowest BCUT2D eigenvalue weighted by Crippen LogP contribution is -2.29. The van der Waals surface area contributed by atoms with Crippen LogP contribution in [-0.2, 0) is 0 Å². The SMILES string of the molecule is CN1CCC(c2noc3ccc(-c4ccccc4C(N)=O)cc23)CC1. The maximum Gasteiger partial charge on any atom is 0.249 e. The van der Waals surface area contributed by atoms with E-state index in [1.807, 2.05) is 30.3 Å². The first kappa shape index (κ1) is 15.8. The third-order valence-electron chi connectivity index (χ3n) is 5.11. The van der Waals surface area contributed by atoms with Crippen molar-refractivity contribution in [3.8, 4) is 11.1 Å². The Morgan fingerprint density at radius 1 is 1.20 bits per heavy atom. The first-order valence-electron chi connectivity index (χ1n) is 8.60. The summed E-state index contributed by atoms with van der Waals surface area (Å²) in [7, 11) is 2.15. The molecule has 2 heterocycles. The van der Waals surface area contributed by atoms with Crippen LogP contribution in [0.2, 0.25) is 0 Å². The second-order valence-corrected chi connectivity index (χ2v) is 6.77. The van der Waals surface area contributed by atoms with Crippen molar-refractivity contribution in [2.45, 2.75) is 18.8 Å². The molecule has 5 nitrogen and oxygen atoms in total. The van der Waals surface area contributed by atoms with E-state index in [4.69, 9.17) is 10.3 Å². The van der Waals surface area contributed by atoms with Crippen molar-refractivity contribution < 1.29 is 9.32 Å². The summed E-state index contributed by atoms with van der Waals surface area (Å²) in [6, 6.07) is 13.4. The quantitative estimate of drug-likeness (QED) is 0.796. The summed E-state index contributed by atoms with van der Waals surface area (Å²) < 4.78 is 5.54. The Morgan fingerprint density at radius 3 is 2.72 bits per heavy atom. The minimum Gasteiger partial charge on any atom is -0.366 e. The van der Waals surface area contributed by atoms with Crippen LogP contribution in [0, 0.1) is 0 Å². The lowest BCUT2D eigenvalue weighted by molar-refractivity contribution is 0.100. The molecule has 0 atom stereocenters. The zero-order chi connectivity index (χ0) is 17.4. The molecule has 0 bridgehead atoms. The summed E-state index contributed by atoms with van der Waals surface area (Å²) >= 11 is 0. The van der Waals surface area contributed by atoms with Gasteiger partial charge >= 0.3 is 0 Å². The van der Waals surface area contributed by atoms with Crippen LogP contribution in [0.25, 0.3) is 22.1 Å². The van der Waals surface area contributed by atoms with E-state index in [1.54, 1.807) is 6.07 Å². The third-order valence-corrected chi connectivity index (χ3v) is 5.11. The molecule has 1 aliphatic heterocycles. The highest BCUT2D eigenvalue weighted by Crippen LogP contribution is 2.35. The maximum absolute atomic E-state index is 11.7. The number of hydrogen-bond acceptors (Lipinski definition) is 4. The van der Waals surface area contributed by atoms with E-state index in [1.165, 1.54) is 0 Å². The molecule has 25 heavy (non-hydrogen) atoms. The molecule has 1 aromatic heterocycles. The van der Waals surface area contributed by atoms with Crippen LogP contribution in [0.3, 0.4) is 0 Å². The van der Waals surface area contributed by atoms with Gasteiger partial charge in [0.15, 0.2) is 5.58 Å². The van der Waals surface area contributed by atoms with Gasteiger partial charge in [-0.1, -0.05) is 29.4 Å². The Balaban J connectivity index is 1.78. The standard InChI is InChI=1S/C20H21N3O2/c1-23-10-8-13(9-11-23)19-17-12-14(6-7-18(17)25-22-19)15-4-2-3-5-16(15)20(21)24/h2-7,12-13H,8-11H2,1H3,(H2,21,24). The molecule has 3 aromatic rings. The first-order chi connectivity index (χ1) is 12.1. The van der Waals surface area contributed by atoms with Crippen LogP contribution in [0.15, 0.2) is 47.0 Å². The van der Waals surface area contributed by atoms with Crippen LogP contribution >= 0.6 is 0 Å². The van der Waals surface area contributed by atoms with Crippen molar-refractivity contribution >= 4 is 16.9 Å². The first-order valence-corrected chi connectivity index (χ1v) is 8.60. The second-order valence-electron chi connectivity index (χ2n) is 6.77. The number of benzene rings is 2. The summed E-state index contributed by atoms with van der Waals surface area (Å²) in [4.78, 5) is 14.1. The highest BCUT2D eigenvalue weighted by molar-refractivity contribution is 6.00. The number of carbonyl (C=O) groups is 1. The highest BCUT2D eigenvalue weighted by atomic mass is 16.5. The smallest absolute Gasteiger partial charge is 0.249 e. The summed E-state index contributed by atoms with van der Waals surface area (Å²) in [6.07, 6.45) is 2.17. The van der Waals surface area contributed by atoms with E-state index in [0.29, 0.717) is 11.5 Å². The molecule has 0 aliphatic carbocycles. The van der Waals surface area contributed by atoms with E-state index in [-0.39, 0.29) is 0 Å². The molecule has 0 radical (unpaired) electrons. The van der Waals surface area contributed by atoms with Crippen molar-refractivity contribution in [3.63, 3.8) is 0 Å². The number of hydrogen-bond donors (Lipinski definition) is 1. The summed E-state index contributed by atoms with van der Waals surface area (Å²) in [5.41, 5.74) is 9.67. The van der Waals surface area contributed by atoms with E-state index < -0.39 is 5.91 Å². The largest absolute Gasteiger partial charge is 0.366 e. The number of carbonyl (C=O) groups excluding carboxylic acids is 1. The fourth-order valence-electron chi connectivity index (χ4n) is 3.65. The van der Waals surface area contributed by atoms with Gasteiger partial charge in [-0.05, 0) is 62.3 Å². The summed E-state index contributed by atoms with van der Waals surface area (Å²) in [5.74, 6) is -0.00404. The number of primary amides is 1. The van der Waals surface area contributed by atoms with E-state index in [2.05, 4.69) is 23.2 Å². The number of aromatic nitrogens is 1. The predicted octanol–water partition coefficient (Wildman–Crippen LogP) is 3.40. The monoisotopic (exact) mass is 335 g/mol. The van der Waals surface area contributed by atoms with Gasteiger partial charge in [0, 0.05) is 16.9 Å². The Labute approximate surface area is 146 Å². The van der Waals surface area contributed by atoms with Gasteiger partial charge in [0.1, 0.15) is 0 Å². The lowest BCUT2D eigenvalue weighted by Gasteiger charge is -2.27. The van der Waals surface area contributed by atoms with Crippen LogP contribution in [0.5, 0.6) is 0 Å². The molecule has 4 rings (SSSR count). The number of nitrogens with two attached hydrogens (primary N) is 1. The molecule has 0 unspecified atom stereocenters. The molecule has 1 fully saturated rings. The zero-order valence-corrected chi connectivity index (χ0v) is 14.2. The van der Waals surface area contributed by atoms with Gasteiger partial charge in [-0.2, -0.15) is 0 Å². The van der Waals surface area contributed by atoms with Crippen LogP contribution in [-0.4, -0.2) is 36.1 Å². The molecule has 1 amide bonds. The molecular formula is C20H21N3O2. The highest BCUT2D eigenvalue weighted by Gasteiger charge is 2.24. The molecule has 2 aromatic carbocycles. The Kier molecular flexibility index (Phi) is 4.01. The number of amides is 1. The topological polar surface area (TPSA) is 72.4 Å². The molecule has 5 heteroatoms. The molecule has 0 spiro atoms. The van der Waals surface area contributed by atoms with E-state index in [0.717, 1.165) is 53.7 Å². The molecule has 128 valence electrons. The normalized spacial score (nSPS) is 16.4. The third kappa shape index (κ3) is 2.91. The predicted molar refractivity (Wildman–Crippen MR) is 97.4 cm³/mol. The van der Waals surface area contributed by atoms with Gasteiger partial charge < -0.3 is 15.2 Å². The van der Waals surface area contributed by atoms with Crippen LogP contribution < -0.4 is 5.73 Å². The minimum atomic E-state index is -0.420. The second kappa shape index (κ2) is 6.33. The fraction of sp³-hybridized carbons (Fsp3) is 0.300. The Hall–Kier alpha value is -2.66. The van der Waals surface area contributed by atoms with Crippen molar-refractivity contribution in [1.29, 1.82) is 0 Å². The van der Waals surface area contributed by atoms with Crippen LogP contribution in [0.1, 0.15) is 34.8 Å². The number of piperidine rings is 1. The minimum absolute atomic E-state index is 0.416. The fourth-order valence-corrected chi connectivity index (χ4v) is 3.65. The Morgan fingerprint density at radius 2 is 1.96 bits per heavy atom. The average Bonchev–Trinajstić information content (AvgIpc) is 3.05. The summed E-state index contributed by atoms with van der Waals surface area (Å²) in [5, 5.41) is 5.38. The van der Waals surface area contributed by atoms with Gasteiger partial charge in [-0.25, -0.2) is 0 Å². The Bertz CT molecular complexity index is 924.